The number of amides is 1. The Morgan fingerprint density at radius 3 is 2.32 bits per heavy atom. The van der Waals surface area contributed by atoms with Crippen LogP contribution in [0.4, 0.5) is 5.82 Å². The molecule has 0 aromatic carbocycles. The topological polar surface area (TPSA) is 178 Å². The Morgan fingerprint density at radius 2 is 1.78 bits per heavy atom. The van der Waals surface area contributed by atoms with Gasteiger partial charge in [-0.1, -0.05) is 13.8 Å². The zero-order valence-electron chi connectivity index (χ0n) is 21.5. The number of hydrogen-bond acceptors (Lipinski definition) is 10. The van der Waals surface area contributed by atoms with Gasteiger partial charge in [0.1, 0.15) is 28.7 Å². The molecule has 0 radical (unpaired) electrons. The molecule has 6 N–H and O–H groups in total. The molecular formula is C26H34N4O7. The number of aromatic hydroxyl groups is 1. The number of nitrogens with zero attached hydrogens (tertiary/aromatic N) is 3. The number of hydrogen-bond donors (Lipinski definition) is 5. The number of carbonyl (C=O) groups is 3. The van der Waals surface area contributed by atoms with Crippen molar-refractivity contribution in [3.8, 4) is 5.75 Å². The summed E-state index contributed by atoms with van der Waals surface area (Å²) in [4.78, 5) is 47.7. The largest absolute Gasteiger partial charge is 0.508 e. The summed E-state index contributed by atoms with van der Waals surface area (Å²) in [7, 11) is 3.52. The van der Waals surface area contributed by atoms with Gasteiger partial charge in [-0.2, -0.15) is 0 Å². The highest BCUT2D eigenvalue weighted by Crippen LogP contribution is 2.53. The number of pyridine rings is 1. The van der Waals surface area contributed by atoms with E-state index >= 15 is 0 Å². The van der Waals surface area contributed by atoms with Crippen LogP contribution in [0.1, 0.15) is 44.2 Å². The van der Waals surface area contributed by atoms with E-state index in [0.717, 1.165) is 0 Å². The molecule has 0 spiro atoms. The third-order valence-corrected chi connectivity index (χ3v) is 7.73. The van der Waals surface area contributed by atoms with Gasteiger partial charge in [0.05, 0.1) is 17.8 Å². The highest BCUT2D eigenvalue weighted by molar-refractivity contribution is 6.24. The first-order chi connectivity index (χ1) is 17.4. The van der Waals surface area contributed by atoms with Crippen LogP contribution in [-0.4, -0.2) is 86.6 Å². The highest BCUT2D eigenvalue weighted by atomic mass is 16.3. The molecule has 3 aliphatic carbocycles. The van der Waals surface area contributed by atoms with E-state index in [2.05, 4.69) is 4.98 Å². The fraction of sp³-hybridized carbons (Fsp3) is 0.538. The molecular weight excluding hydrogens is 480 g/mol. The minimum absolute atomic E-state index is 0.0287. The molecule has 1 aromatic rings. The number of ketones is 2. The van der Waals surface area contributed by atoms with Gasteiger partial charge < -0.3 is 31.1 Å². The molecule has 4 rings (SSSR count). The number of aromatic nitrogens is 1. The van der Waals surface area contributed by atoms with Crippen molar-refractivity contribution in [2.75, 3.05) is 32.1 Å². The summed E-state index contributed by atoms with van der Waals surface area (Å²) >= 11 is 0. The molecule has 11 nitrogen and oxygen atoms in total. The fourth-order valence-electron chi connectivity index (χ4n) is 6.30. The molecule has 11 heteroatoms. The number of rotatable bonds is 7. The zero-order chi connectivity index (χ0) is 27.4. The maximum absolute atomic E-state index is 14.0. The second-order valence-corrected chi connectivity index (χ2v) is 10.2. The lowest BCUT2D eigenvalue weighted by Gasteiger charge is -2.51. The standard InChI is InChI=1S/C26H34N4O7/c1-5-7-30(8-6-2)19-14-10-12-9-13-17(15(31)11-28-25(13)29(3)4)20(32)16(12)22(34)26(14,37)23(35)18(21(19)33)24(27)36/h11-12,14,19,31-32,35,37H,5-10H2,1-4H3,(H2,27,36)/t12-,14-,19-,26-/m0/s1. The third-order valence-electron chi connectivity index (χ3n) is 7.73. The van der Waals surface area contributed by atoms with Crippen LogP contribution in [0.3, 0.4) is 0 Å². The second-order valence-electron chi connectivity index (χ2n) is 10.2. The highest BCUT2D eigenvalue weighted by Gasteiger charge is 2.64. The van der Waals surface area contributed by atoms with Gasteiger partial charge in [-0.25, -0.2) is 4.98 Å². The minimum atomic E-state index is -2.65. The molecule has 1 heterocycles. The van der Waals surface area contributed by atoms with Crippen molar-refractivity contribution < 1.29 is 34.8 Å². The third kappa shape index (κ3) is 3.79. The van der Waals surface area contributed by atoms with Crippen LogP contribution in [0, 0.1) is 11.8 Å². The maximum Gasteiger partial charge on any atom is 0.255 e. The normalized spacial score (nSPS) is 27.2. The second kappa shape index (κ2) is 9.46. The number of primary amides is 1. The lowest BCUT2D eigenvalue weighted by Crippen LogP contribution is -2.66. The number of anilines is 1. The van der Waals surface area contributed by atoms with E-state index in [1.54, 1.807) is 19.0 Å². The molecule has 1 amide bonds. The van der Waals surface area contributed by atoms with Crippen LogP contribution in [0.15, 0.2) is 23.1 Å². The summed E-state index contributed by atoms with van der Waals surface area (Å²) in [5, 5.41) is 44.7. The molecule has 37 heavy (non-hydrogen) atoms. The van der Waals surface area contributed by atoms with E-state index in [0.29, 0.717) is 37.3 Å². The van der Waals surface area contributed by atoms with E-state index in [9.17, 15) is 34.8 Å². The van der Waals surface area contributed by atoms with Crippen molar-refractivity contribution in [1.29, 1.82) is 0 Å². The van der Waals surface area contributed by atoms with E-state index < -0.39 is 58.0 Å². The monoisotopic (exact) mass is 514 g/mol. The lowest BCUT2D eigenvalue weighted by molar-refractivity contribution is -0.155. The maximum atomic E-state index is 14.0. The Kier molecular flexibility index (Phi) is 6.80. The summed E-state index contributed by atoms with van der Waals surface area (Å²) in [6.45, 7) is 4.77. The van der Waals surface area contributed by atoms with Crippen molar-refractivity contribution in [2.45, 2.75) is 51.2 Å². The number of aliphatic hydroxyl groups is 3. The van der Waals surface area contributed by atoms with Gasteiger partial charge in [-0.05, 0) is 44.7 Å². The van der Waals surface area contributed by atoms with E-state index in [1.165, 1.54) is 6.20 Å². The molecule has 1 saturated carbocycles. The molecule has 0 aliphatic heterocycles. The fourth-order valence-corrected chi connectivity index (χ4v) is 6.30. The van der Waals surface area contributed by atoms with Crippen LogP contribution >= 0.6 is 0 Å². The Labute approximate surface area is 214 Å². The summed E-state index contributed by atoms with van der Waals surface area (Å²) in [5.74, 6) is -6.14. The van der Waals surface area contributed by atoms with Crippen molar-refractivity contribution in [3.63, 3.8) is 0 Å². The number of nitrogens with two attached hydrogens (primary N) is 1. The zero-order valence-corrected chi connectivity index (χ0v) is 21.5. The molecule has 0 unspecified atom stereocenters. The first-order valence-electron chi connectivity index (χ1n) is 12.5. The first-order valence-corrected chi connectivity index (χ1v) is 12.5. The molecule has 200 valence electrons. The number of Topliss-reactive ketones (excluding diaryl/α,β-unsaturated/α-hetero) is 2. The predicted molar refractivity (Wildman–Crippen MR) is 135 cm³/mol. The van der Waals surface area contributed by atoms with Crippen LogP contribution in [0.5, 0.6) is 5.75 Å². The van der Waals surface area contributed by atoms with Gasteiger partial charge in [0.2, 0.25) is 5.78 Å². The smallest absolute Gasteiger partial charge is 0.255 e. The van der Waals surface area contributed by atoms with Crippen molar-refractivity contribution in [1.82, 2.24) is 9.88 Å². The Hall–Kier alpha value is -3.44. The van der Waals surface area contributed by atoms with E-state index in [4.69, 9.17) is 5.73 Å². The van der Waals surface area contributed by atoms with Crippen LogP contribution in [0.2, 0.25) is 0 Å². The molecule has 1 aromatic heterocycles. The van der Waals surface area contributed by atoms with Crippen molar-refractivity contribution in [3.05, 3.63) is 34.2 Å². The van der Waals surface area contributed by atoms with Crippen LogP contribution in [-0.2, 0) is 20.8 Å². The number of carbonyl (C=O) groups excluding carboxylic acids is 3. The Balaban J connectivity index is 1.97. The Bertz CT molecular complexity index is 1230. The average Bonchev–Trinajstić information content (AvgIpc) is 2.81. The van der Waals surface area contributed by atoms with Crippen molar-refractivity contribution in [2.24, 2.45) is 17.6 Å². The predicted octanol–water partition coefficient (Wildman–Crippen LogP) is 0.985. The SMILES string of the molecule is CCCN(CCC)[C@@H]1C(=O)C(C(N)=O)=C(O)[C@@]2(O)C(=O)C3=C(O)c4c(O)cnc(N(C)C)c4C[C@H]3C[C@@H]12. The molecule has 4 atom stereocenters. The summed E-state index contributed by atoms with van der Waals surface area (Å²) in [5.41, 5.74) is 2.39. The van der Waals surface area contributed by atoms with E-state index in [1.807, 2.05) is 18.7 Å². The van der Waals surface area contributed by atoms with Gasteiger partial charge in [-0.15, -0.1) is 0 Å². The average molecular weight is 515 g/mol. The number of fused-ring (bicyclic) bond motifs is 3. The summed E-state index contributed by atoms with van der Waals surface area (Å²) < 4.78 is 0. The minimum Gasteiger partial charge on any atom is -0.508 e. The first kappa shape index (κ1) is 26.6. The van der Waals surface area contributed by atoms with Gasteiger partial charge in [0.15, 0.2) is 11.4 Å². The summed E-state index contributed by atoms with van der Waals surface area (Å²) in [6, 6.07) is -1.08. The van der Waals surface area contributed by atoms with Crippen LogP contribution < -0.4 is 10.6 Å². The van der Waals surface area contributed by atoms with Crippen molar-refractivity contribution >= 4 is 29.1 Å². The lowest BCUT2D eigenvalue weighted by atomic mass is 9.57. The molecule has 3 aliphatic rings. The molecule has 0 saturated heterocycles. The van der Waals surface area contributed by atoms with Gasteiger partial charge in [-0.3, -0.25) is 19.3 Å². The summed E-state index contributed by atoms with van der Waals surface area (Å²) in [6.07, 6.45) is 2.77. The quantitative estimate of drug-likeness (QED) is 0.330. The molecule has 0 bridgehead atoms. The van der Waals surface area contributed by atoms with Gasteiger partial charge in [0.25, 0.3) is 5.91 Å². The van der Waals surface area contributed by atoms with Gasteiger partial charge in [0, 0.05) is 31.1 Å². The van der Waals surface area contributed by atoms with E-state index in [-0.39, 0.29) is 29.7 Å². The Morgan fingerprint density at radius 1 is 1.16 bits per heavy atom. The van der Waals surface area contributed by atoms with Gasteiger partial charge >= 0.3 is 0 Å². The molecule has 1 fully saturated rings. The number of aliphatic hydroxyl groups excluding tert-OH is 2. The van der Waals surface area contributed by atoms with Crippen LogP contribution in [0.25, 0.3) is 5.76 Å².